The molecule has 7 nitrogen and oxygen atoms in total. The monoisotopic (exact) mass is 514 g/mol. The Morgan fingerprint density at radius 1 is 1.05 bits per heavy atom. The van der Waals surface area contributed by atoms with E-state index in [1.165, 1.54) is 17.0 Å². The van der Waals surface area contributed by atoms with Crippen molar-refractivity contribution in [2.45, 2.75) is 69.4 Å². The maximum atomic E-state index is 12.9. The van der Waals surface area contributed by atoms with E-state index in [1.54, 1.807) is 18.2 Å². The quantitative estimate of drug-likeness (QED) is 0.593. The minimum absolute atomic E-state index is 0.0416. The zero-order chi connectivity index (χ0) is 26.3. The Labute approximate surface area is 211 Å². The van der Waals surface area contributed by atoms with Crippen LogP contribution in [0.2, 0.25) is 0 Å². The van der Waals surface area contributed by atoms with Crippen LogP contribution in [-0.4, -0.2) is 40.6 Å². The molecule has 0 aromatic heterocycles. The number of fused-ring (bicyclic) bond motifs is 1. The number of alkyl carbamates (subject to hydrolysis) is 1. The van der Waals surface area contributed by atoms with Crippen molar-refractivity contribution in [3.8, 4) is 0 Å². The Kier molecular flexibility index (Phi) is 6.51. The van der Waals surface area contributed by atoms with Crippen LogP contribution in [0.25, 0.3) is 0 Å². The first-order valence-corrected chi connectivity index (χ1v) is 12.2. The van der Waals surface area contributed by atoms with Gasteiger partial charge in [0.25, 0.3) is 5.91 Å². The number of nitrogens with zero attached hydrogens (tertiary/aromatic N) is 1. The van der Waals surface area contributed by atoms with Gasteiger partial charge < -0.3 is 15.0 Å². The van der Waals surface area contributed by atoms with Crippen LogP contribution < -0.4 is 5.32 Å². The van der Waals surface area contributed by atoms with Crippen LogP contribution in [0.15, 0.2) is 42.5 Å². The molecule has 10 heteroatoms. The van der Waals surface area contributed by atoms with E-state index in [4.69, 9.17) is 4.74 Å². The number of rotatable bonds is 5. The molecule has 1 N–H and O–H groups in total. The zero-order valence-corrected chi connectivity index (χ0v) is 19.8. The molecular weight excluding hydrogens is 489 g/mol. The maximum Gasteiger partial charge on any atom is 0.416 e. The molecule has 194 valence electrons. The predicted octanol–water partition coefficient (Wildman–Crippen LogP) is 4.52. The average Bonchev–Trinajstić information content (AvgIpc) is 3.15. The van der Waals surface area contributed by atoms with Crippen molar-refractivity contribution < 1.29 is 37.1 Å². The average molecular weight is 515 g/mol. The van der Waals surface area contributed by atoms with Gasteiger partial charge >= 0.3 is 12.3 Å². The molecule has 1 heterocycles. The van der Waals surface area contributed by atoms with Gasteiger partial charge in [-0.1, -0.05) is 24.3 Å². The lowest BCUT2D eigenvalue weighted by Crippen LogP contribution is -2.44. The highest BCUT2D eigenvalue weighted by atomic mass is 19.4. The van der Waals surface area contributed by atoms with Crippen molar-refractivity contribution in [3.05, 3.63) is 70.3 Å². The summed E-state index contributed by atoms with van der Waals surface area (Å²) in [6, 6.07) is 9.76. The number of halogens is 3. The Morgan fingerprint density at radius 3 is 2.46 bits per heavy atom. The molecule has 1 aliphatic heterocycles. The number of ether oxygens (including phenoxy) is 1. The fraction of sp³-hybridized carbons (Fsp3) is 0.407. The molecule has 3 aliphatic rings. The van der Waals surface area contributed by atoms with E-state index >= 15 is 0 Å². The molecule has 2 saturated carbocycles. The minimum Gasteiger partial charge on any atom is -0.446 e. The van der Waals surface area contributed by atoms with Crippen LogP contribution in [-0.2, 0) is 33.6 Å². The first kappa shape index (κ1) is 25.0. The molecule has 0 radical (unpaired) electrons. The Hall–Kier alpha value is -3.69. The second-order valence-electron chi connectivity index (χ2n) is 9.83. The summed E-state index contributed by atoms with van der Waals surface area (Å²) in [5, 5.41) is 2.67. The second kappa shape index (κ2) is 9.64. The van der Waals surface area contributed by atoms with Crippen LogP contribution in [0.3, 0.4) is 0 Å². The largest absolute Gasteiger partial charge is 0.446 e. The summed E-state index contributed by atoms with van der Waals surface area (Å²) in [4.78, 5) is 50.5. The number of Topliss-reactive ketones (excluding diaryl/α,β-unsaturated/α-hetero) is 2. The van der Waals surface area contributed by atoms with Crippen molar-refractivity contribution in [1.82, 2.24) is 10.2 Å². The van der Waals surface area contributed by atoms with Crippen LogP contribution in [0, 0.1) is 0 Å². The molecule has 2 aromatic rings. The molecule has 2 aliphatic carbocycles. The second-order valence-corrected chi connectivity index (χ2v) is 9.83. The summed E-state index contributed by atoms with van der Waals surface area (Å²) in [6.07, 6.45) is -3.72. The van der Waals surface area contributed by atoms with Gasteiger partial charge in [-0.05, 0) is 60.1 Å². The van der Waals surface area contributed by atoms with Crippen LogP contribution in [0.5, 0.6) is 0 Å². The smallest absolute Gasteiger partial charge is 0.416 e. The summed E-state index contributed by atoms with van der Waals surface area (Å²) in [6.45, 7) is 0.460. The first-order valence-electron chi connectivity index (χ1n) is 12.2. The zero-order valence-electron chi connectivity index (χ0n) is 19.8. The lowest BCUT2D eigenvalue weighted by molar-refractivity contribution is -0.137. The van der Waals surface area contributed by atoms with Crippen LogP contribution >= 0.6 is 0 Å². The molecule has 1 unspecified atom stereocenters. The third-order valence-corrected chi connectivity index (χ3v) is 7.34. The number of hydrogen-bond donors (Lipinski definition) is 1. The number of amides is 2. The number of carbonyl (C=O) groups is 4. The Morgan fingerprint density at radius 2 is 1.78 bits per heavy atom. The van der Waals surface area contributed by atoms with E-state index in [9.17, 15) is 32.3 Å². The molecule has 37 heavy (non-hydrogen) atoms. The summed E-state index contributed by atoms with van der Waals surface area (Å²) in [7, 11) is 0. The van der Waals surface area contributed by atoms with Gasteiger partial charge in [0.15, 0.2) is 5.78 Å². The van der Waals surface area contributed by atoms with E-state index in [0.29, 0.717) is 43.4 Å². The van der Waals surface area contributed by atoms with Crippen LogP contribution in [0.1, 0.15) is 70.6 Å². The predicted molar refractivity (Wildman–Crippen MR) is 124 cm³/mol. The minimum atomic E-state index is -4.37. The number of nitrogens with one attached hydrogen (secondary N) is 1. The molecule has 1 atom stereocenters. The molecule has 0 saturated heterocycles. The van der Waals surface area contributed by atoms with E-state index in [2.05, 4.69) is 5.32 Å². The highest BCUT2D eigenvalue weighted by Gasteiger charge is 2.39. The van der Waals surface area contributed by atoms with Gasteiger partial charge in [0.1, 0.15) is 11.9 Å². The number of carbonyl (C=O) groups excluding carboxylic acids is 4. The highest BCUT2D eigenvalue weighted by molar-refractivity contribution is 6.07. The number of ketones is 2. The SMILES string of the molecule is O=C1CCC(N2Cc3ccc(CNC(=O)OC4CC(c5ccc(C(F)(F)F)cc5)C4)cc3C2=O)C(=O)C1. The summed E-state index contributed by atoms with van der Waals surface area (Å²) in [5.41, 5.74) is 2.07. The van der Waals surface area contributed by atoms with Gasteiger partial charge in [0, 0.05) is 25.1 Å². The third-order valence-electron chi connectivity index (χ3n) is 7.34. The maximum absolute atomic E-state index is 12.9. The van der Waals surface area contributed by atoms with Crippen molar-refractivity contribution in [2.24, 2.45) is 0 Å². The normalized spacial score (nSPS) is 23.5. The van der Waals surface area contributed by atoms with E-state index in [0.717, 1.165) is 23.3 Å². The molecule has 0 spiro atoms. The van der Waals surface area contributed by atoms with Crippen LogP contribution in [0.4, 0.5) is 18.0 Å². The Balaban J connectivity index is 1.10. The van der Waals surface area contributed by atoms with Crippen molar-refractivity contribution in [1.29, 1.82) is 0 Å². The third kappa shape index (κ3) is 5.23. The summed E-state index contributed by atoms with van der Waals surface area (Å²) in [5.74, 6) is -0.530. The van der Waals surface area contributed by atoms with Gasteiger partial charge in [0.2, 0.25) is 0 Å². The van der Waals surface area contributed by atoms with Gasteiger partial charge in [-0.3, -0.25) is 14.4 Å². The van der Waals surface area contributed by atoms with E-state index < -0.39 is 23.9 Å². The van der Waals surface area contributed by atoms with Crippen molar-refractivity contribution in [3.63, 3.8) is 0 Å². The first-order chi connectivity index (χ1) is 17.6. The lowest BCUT2D eigenvalue weighted by atomic mass is 9.77. The molecule has 5 rings (SSSR count). The fourth-order valence-corrected chi connectivity index (χ4v) is 5.17. The van der Waals surface area contributed by atoms with Gasteiger partial charge in [-0.25, -0.2) is 4.79 Å². The molecule has 2 aromatic carbocycles. The van der Waals surface area contributed by atoms with E-state index in [1.807, 2.05) is 0 Å². The van der Waals surface area contributed by atoms with Crippen molar-refractivity contribution >= 4 is 23.6 Å². The molecular formula is C27H25F3N2O5. The lowest BCUT2D eigenvalue weighted by Gasteiger charge is -2.35. The topological polar surface area (TPSA) is 92.8 Å². The van der Waals surface area contributed by atoms with Gasteiger partial charge in [-0.2, -0.15) is 13.2 Å². The number of alkyl halides is 3. The fourth-order valence-electron chi connectivity index (χ4n) is 5.17. The molecule has 2 fully saturated rings. The highest BCUT2D eigenvalue weighted by Crippen LogP contribution is 2.40. The number of benzene rings is 2. The number of hydrogen-bond acceptors (Lipinski definition) is 5. The molecule has 2 amide bonds. The standard InChI is InChI=1S/C27H25F3N2O5/c28-27(29,30)19-5-3-16(4-6-19)18-10-21(11-18)37-26(36)31-13-15-1-2-17-14-32(25(35)22(17)9-15)23-8-7-20(33)12-24(23)34/h1-6,9,18,21,23H,7-8,10-14H2,(H,31,36). The summed E-state index contributed by atoms with van der Waals surface area (Å²) < 4.78 is 43.5. The van der Waals surface area contributed by atoms with E-state index in [-0.39, 0.29) is 42.5 Å². The summed E-state index contributed by atoms with van der Waals surface area (Å²) >= 11 is 0. The van der Waals surface area contributed by atoms with Crippen molar-refractivity contribution in [2.75, 3.05) is 0 Å². The van der Waals surface area contributed by atoms with Gasteiger partial charge in [-0.15, -0.1) is 0 Å². The van der Waals surface area contributed by atoms with Gasteiger partial charge in [0.05, 0.1) is 18.0 Å². The molecule has 0 bridgehead atoms. The Bertz CT molecular complexity index is 1250.